The number of H-pyrrole nitrogens is 2. The number of rotatable bonds is 2. The summed E-state index contributed by atoms with van der Waals surface area (Å²) in [4.78, 5) is 11.1. The van der Waals surface area contributed by atoms with Crippen LogP contribution >= 0.6 is 0 Å². The second-order valence-electron chi connectivity index (χ2n) is 5.82. The van der Waals surface area contributed by atoms with Crippen molar-refractivity contribution in [3.63, 3.8) is 0 Å². The first-order valence-electron chi connectivity index (χ1n) is 7.88. The molecule has 0 amide bonds. The largest absolute Gasteiger partial charge is 0.485 e. The van der Waals surface area contributed by atoms with Gasteiger partial charge in [-0.1, -0.05) is 18.2 Å². The number of nitrogens with one attached hydrogen (secondary N) is 2. The molecule has 4 aromatic rings. The zero-order chi connectivity index (χ0) is 15.9. The van der Waals surface area contributed by atoms with Crippen LogP contribution in [-0.2, 0) is 0 Å². The predicted molar refractivity (Wildman–Crippen MR) is 91.2 cm³/mol. The number of hydrogen-bond acceptors (Lipinski definition) is 3. The maximum absolute atomic E-state index is 6.03. The summed E-state index contributed by atoms with van der Waals surface area (Å²) in [5, 5.41) is 0. The van der Waals surface area contributed by atoms with Gasteiger partial charge in [-0.25, -0.2) is 4.98 Å². The standard InChI is InChI=1S/C19H15N3O2/c1-2-4-17-16(3-1)23-11-18(24-17)19-21-14-6-5-12(9-15(14)22-19)13-7-8-20-10-13/h1-10,18,20H,11H2,(H,21,22)/t18-/m0/s1. The summed E-state index contributed by atoms with van der Waals surface area (Å²) in [6.45, 7) is 0.446. The molecule has 0 spiro atoms. The van der Waals surface area contributed by atoms with Gasteiger partial charge in [0.25, 0.3) is 0 Å². The molecule has 0 radical (unpaired) electrons. The van der Waals surface area contributed by atoms with Crippen molar-refractivity contribution in [3.8, 4) is 22.6 Å². The summed E-state index contributed by atoms with van der Waals surface area (Å²) in [5.41, 5.74) is 4.19. The Morgan fingerprint density at radius 2 is 1.92 bits per heavy atom. The van der Waals surface area contributed by atoms with Gasteiger partial charge in [-0.2, -0.15) is 0 Å². The minimum atomic E-state index is -0.233. The maximum atomic E-state index is 6.03. The Kier molecular flexibility index (Phi) is 2.85. The molecule has 1 aliphatic heterocycles. The van der Waals surface area contributed by atoms with Crippen LogP contribution in [0.5, 0.6) is 11.5 Å². The van der Waals surface area contributed by atoms with E-state index < -0.39 is 0 Å². The topological polar surface area (TPSA) is 62.9 Å². The highest BCUT2D eigenvalue weighted by Crippen LogP contribution is 2.35. The van der Waals surface area contributed by atoms with Crippen molar-refractivity contribution in [1.82, 2.24) is 15.0 Å². The average Bonchev–Trinajstić information content (AvgIpc) is 3.30. The highest BCUT2D eigenvalue weighted by molar-refractivity contribution is 5.81. The molecule has 0 unspecified atom stereocenters. The summed E-state index contributed by atoms with van der Waals surface area (Å²) >= 11 is 0. The Morgan fingerprint density at radius 3 is 2.79 bits per heavy atom. The smallest absolute Gasteiger partial charge is 0.190 e. The van der Waals surface area contributed by atoms with Crippen molar-refractivity contribution in [3.05, 3.63) is 66.7 Å². The van der Waals surface area contributed by atoms with Crippen LogP contribution in [-0.4, -0.2) is 21.6 Å². The lowest BCUT2D eigenvalue weighted by molar-refractivity contribution is 0.0859. The fourth-order valence-corrected chi connectivity index (χ4v) is 3.02. The van der Waals surface area contributed by atoms with Gasteiger partial charge in [0.15, 0.2) is 23.4 Å². The van der Waals surface area contributed by atoms with Crippen LogP contribution in [0.3, 0.4) is 0 Å². The number of hydrogen-bond donors (Lipinski definition) is 2. The van der Waals surface area contributed by atoms with Crippen molar-refractivity contribution < 1.29 is 9.47 Å². The summed E-state index contributed by atoms with van der Waals surface area (Å²) in [6.07, 6.45) is 3.66. The molecule has 0 saturated heterocycles. The number of para-hydroxylation sites is 2. The molecule has 1 aliphatic rings. The van der Waals surface area contributed by atoms with E-state index in [0.717, 1.165) is 39.5 Å². The molecule has 2 aromatic carbocycles. The molecule has 24 heavy (non-hydrogen) atoms. The number of aromatic amines is 2. The Bertz CT molecular complexity index is 1000. The van der Waals surface area contributed by atoms with Crippen LogP contribution in [0.4, 0.5) is 0 Å². The summed E-state index contributed by atoms with van der Waals surface area (Å²) in [6, 6.07) is 16.0. The van der Waals surface area contributed by atoms with Crippen molar-refractivity contribution in [2.75, 3.05) is 6.61 Å². The minimum absolute atomic E-state index is 0.233. The van der Waals surface area contributed by atoms with Gasteiger partial charge in [0.1, 0.15) is 6.61 Å². The molecule has 5 rings (SSSR count). The van der Waals surface area contributed by atoms with Gasteiger partial charge >= 0.3 is 0 Å². The zero-order valence-corrected chi connectivity index (χ0v) is 12.8. The number of imidazole rings is 1. The number of aromatic nitrogens is 3. The molecule has 0 fully saturated rings. The SMILES string of the molecule is c1ccc2c(c1)OC[C@@H](c1nc3cc(-c4cc[nH]c4)ccc3[nH]1)O2. The van der Waals surface area contributed by atoms with E-state index in [1.54, 1.807) is 0 Å². The highest BCUT2D eigenvalue weighted by Gasteiger charge is 2.25. The minimum Gasteiger partial charge on any atom is -0.485 e. The molecule has 0 bridgehead atoms. The van der Waals surface area contributed by atoms with Crippen molar-refractivity contribution in [2.45, 2.75) is 6.10 Å². The van der Waals surface area contributed by atoms with Crippen LogP contribution in [0.25, 0.3) is 22.2 Å². The predicted octanol–water partition coefficient (Wildman–Crippen LogP) is 4.07. The van der Waals surface area contributed by atoms with Gasteiger partial charge in [0, 0.05) is 12.4 Å². The third-order valence-electron chi connectivity index (χ3n) is 4.25. The molecular formula is C19H15N3O2. The second-order valence-corrected chi connectivity index (χ2v) is 5.82. The second kappa shape index (κ2) is 5.16. The van der Waals surface area contributed by atoms with E-state index in [4.69, 9.17) is 14.5 Å². The van der Waals surface area contributed by atoms with Crippen LogP contribution in [0.1, 0.15) is 11.9 Å². The third kappa shape index (κ3) is 2.13. The first-order valence-corrected chi connectivity index (χ1v) is 7.88. The van der Waals surface area contributed by atoms with Crippen LogP contribution in [0, 0.1) is 0 Å². The van der Waals surface area contributed by atoms with E-state index >= 15 is 0 Å². The third-order valence-corrected chi connectivity index (χ3v) is 4.25. The molecule has 118 valence electrons. The van der Waals surface area contributed by atoms with Gasteiger partial charge < -0.3 is 19.4 Å². The number of fused-ring (bicyclic) bond motifs is 2. The lowest BCUT2D eigenvalue weighted by Gasteiger charge is -2.24. The van der Waals surface area contributed by atoms with Crippen LogP contribution in [0.15, 0.2) is 60.9 Å². The first kappa shape index (κ1) is 13.2. The number of benzene rings is 2. The monoisotopic (exact) mass is 317 g/mol. The summed E-state index contributed by atoms with van der Waals surface area (Å²) < 4.78 is 11.8. The molecule has 2 N–H and O–H groups in total. The molecule has 0 aliphatic carbocycles. The fraction of sp³-hybridized carbons (Fsp3) is 0.105. The van der Waals surface area contributed by atoms with Gasteiger partial charge in [0.2, 0.25) is 0 Å². The average molecular weight is 317 g/mol. The van der Waals surface area contributed by atoms with Crippen molar-refractivity contribution in [2.24, 2.45) is 0 Å². The molecule has 1 atom stereocenters. The lowest BCUT2D eigenvalue weighted by Crippen LogP contribution is -2.22. The van der Waals surface area contributed by atoms with E-state index in [1.807, 2.05) is 48.8 Å². The van der Waals surface area contributed by atoms with Gasteiger partial charge in [-0.05, 0) is 41.5 Å². The normalized spacial score (nSPS) is 16.4. The molecule has 5 nitrogen and oxygen atoms in total. The Labute approximate surface area is 138 Å². The first-order chi connectivity index (χ1) is 11.9. The van der Waals surface area contributed by atoms with Gasteiger partial charge in [-0.3, -0.25) is 0 Å². The lowest BCUT2D eigenvalue weighted by atomic mass is 10.1. The zero-order valence-electron chi connectivity index (χ0n) is 12.8. The van der Waals surface area contributed by atoms with E-state index in [2.05, 4.69) is 22.1 Å². The fourth-order valence-electron chi connectivity index (χ4n) is 3.02. The summed E-state index contributed by atoms with van der Waals surface area (Å²) in [5.74, 6) is 2.31. The van der Waals surface area contributed by atoms with Gasteiger partial charge in [0.05, 0.1) is 11.0 Å². The highest BCUT2D eigenvalue weighted by atomic mass is 16.6. The molecule has 5 heteroatoms. The number of nitrogens with zero attached hydrogens (tertiary/aromatic N) is 1. The van der Waals surface area contributed by atoms with E-state index in [-0.39, 0.29) is 6.10 Å². The van der Waals surface area contributed by atoms with E-state index in [0.29, 0.717) is 6.61 Å². The summed E-state index contributed by atoms with van der Waals surface area (Å²) in [7, 11) is 0. The Balaban J connectivity index is 1.50. The van der Waals surface area contributed by atoms with Gasteiger partial charge in [-0.15, -0.1) is 0 Å². The maximum Gasteiger partial charge on any atom is 0.190 e. The molecule has 3 heterocycles. The molecular weight excluding hydrogens is 302 g/mol. The van der Waals surface area contributed by atoms with E-state index in [9.17, 15) is 0 Å². The quantitative estimate of drug-likeness (QED) is 0.586. The van der Waals surface area contributed by atoms with Crippen LogP contribution < -0.4 is 9.47 Å². The van der Waals surface area contributed by atoms with Crippen molar-refractivity contribution in [1.29, 1.82) is 0 Å². The number of ether oxygens (including phenoxy) is 2. The molecule has 2 aromatic heterocycles. The molecule has 0 saturated carbocycles. The van der Waals surface area contributed by atoms with E-state index in [1.165, 1.54) is 0 Å². The Hall–Kier alpha value is -3.21. The van der Waals surface area contributed by atoms with Crippen LogP contribution in [0.2, 0.25) is 0 Å². The van der Waals surface area contributed by atoms with Crippen molar-refractivity contribution >= 4 is 11.0 Å². The Morgan fingerprint density at radius 1 is 1.00 bits per heavy atom.